The lowest BCUT2D eigenvalue weighted by Crippen LogP contribution is -2.49. The van der Waals surface area contributed by atoms with E-state index in [4.69, 9.17) is 19.4 Å². The van der Waals surface area contributed by atoms with E-state index in [-0.39, 0.29) is 0 Å². The topological polar surface area (TPSA) is 51.8 Å². The molecule has 0 amide bonds. The van der Waals surface area contributed by atoms with E-state index in [0.29, 0.717) is 17.5 Å². The molecule has 56 heavy (non-hydrogen) atoms. The van der Waals surface area contributed by atoms with Gasteiger partial charge in [0.05, 0.1) is 0 Å². The van der Waals surface area contributed by atoms with E-state index in [9.17, 15) is 0 Å². The summed E-state index contributed by atoms with van der Waals surface area (Å²) in [4.78, 5) is 15.9. The molecule has 8 aromatic carbocycles. The summed E-state index contributed by atoms with van der Waals surface area (Å²) in [5.41, 5.74) is 11.7. The number of fused-ring (bicyclic) bond motifs is 7. The summed E-state index contributed by atoms with van der Waals surface area (Å²) in [6.45, 7) is 4.88. The van der Waals surface area contributed by atoms with Gasteiger partial charge in [-0.2, -0.15) is 0 Å². The molecular formula is C51H35N3OSi. The molecule has 0 N–H and O–H groups in total. The van der Waals surface area contributed by atoms with Crippen molar-refractivity contribution in [3.8, 4) is 67.5 Å². The van der Waals surface area contributed by atoms with E-state index < -0.39 is 8.07 Å². The Labute approximate surface area is 325 Å². The monoisotopic (exact) mass is 733 g/mol. The highest BCUT2D eigenvalue weighted by molar-refractivity contribution is 7.04. The third-order valence-electron chi connectivity index (χ3n) is 11.5. The molecule has 0 atom stereocenters. The molecule has 3 heterocycles. The Kier molecular flexibility index (Phi) is 7.28. The maximum atomic E-state index is 6.32. The largest absolute Gasteiger partial charge is 0.456 e. The molecule has 0 unspecified atom stereocenters. The Balaban J connectivity index is 1.07. The first kappa shape index (κ1) is 32.5. The number of rotatable bonds is 5. The molecule has 10 aromatic rings. The van der Waals surface area contributed by atoms with Crippen LogP contribution in [0.25, 0.3) is 100 Å². The minimum Gasteiger partial charge on any atom is -0.456 e. The first-order valence-electron chi connectivity index (χ1n) is 19.1. The third-order valence-corrected chi connectivity index (χ3v) is 15.1. The zero-order valence-electron chi connectivity index (χ0n) is 31.0. The zero-order chi connectivity index (χ0) is 37.4. The van der Waals surface area contributed by atoms with E-state index in [1.165, 1.54) is 43.4 Å². The van der Waals surface area contributed by atoms with Crippen molar-refractivity contribution in [3.05, 3.63) is 176 Å². The second-order valence-electron chi connectivity index (χ2n) is 15.2. The lowest BCUT2D eigenvalue weighted by Gasteiger charge is -2.19. The van der Waals surface area contributed by atoms with E-state index in [2.05, 4.69) is 165 Å². The van der Waals surface area contributed by atoms with E-state index >= 15 is 0 Å². The van der Waals surface area contributed by atoms with Crippen molar-refractivity contribution in [3.63, 3.8) is 0 Å². The minimum atomic E-state index is -1.93. The fourth-order valence-corrected chi connectivity index (χ4v) is 11.8. The van der Waals surface area contributed by atoms with Gasteiger partial charge in [0.1, 0.15) is 19.2 Å². The second-order valence-corrected chi connectivity index (χ2v) is 19.5. The molecule has 2 aromatic heterocycles. The van der Waals surface area contributed by atoms with E-state index in [0.717, 1.165) is 49.8 Å². The summed E-state index contributed by atoms with van der Waals surface area (Å²) in [6, 6.07) is 62.4. The highest BCUT2D eigenvalue weighted by Crippen LogP contribution is 2.39. The van der Waals surface area contributed by atoms with Gasteiger partial charge in [-0.15, -0.1) is 0 Å². The molecule has 0 saturated heterocycles. The van der Waals surface area contributed by atoms with Gasteiger partial charge in [-0.25, -0.2) is 15.0 Å². The maximum Gasteiger partial charge on any atom is 0.164 e. The SMILES string of the molecule is C[Si]1(C)c2ccccc2-c2c(-c3nc(-c4cccc(-c5ccc(-c6ccc7ccccc7c6)cc5)c4)nc(-c4cccc5oc6ccccc6c45)n3)cccc21. The van der Waals surface area contributed by atoms with Gasteiger partial charge in [-0.05, 0) is 78.8 Å². The molecule has 5 heteroatoms. The van der Waals surface area contributed by atoms with Crippen molar-refractivity contribution in [2.75, 3.05) is 0 Å². The first-order chi connectivity index (χ1) is 27.5. The Bertz CT molecular complexity index is 3180. The highest BCUT2D eigenvalue weighted by Gasteiger charge is 2.39. The number of hydrogen-bond donors (Lipinski definition) is 0. The van der Waals surface area contributed by atoms with Gasteiger partial charge in [-0.1, -0.05) is 165 Å². The predicted octanol–water partition coefficient (Wildman–Crippen LogP) is 12.1. The van der Waals surface area contributed by atoms with Crippen LogP contribution in [0.15, 0.2) is 180 Å². The minimum absolute atomic E-state index is 0.618. The van der Waals surface area contributed by atoms with Crippen LogP contribution in [0, 0.1) is 0 Å². The average molecular weight is 734 g/mol. The first-order valence-corrected chi connectivity index (χ1v) is 22.1. The zero-order valence-corrected chi connectivity index (χ0v) is 32.0. The van der Waals surface area contributed by atoms with Gasteiger partial charge in [-0.3, -0.25) is 0 Å². The molecule has 11 rings (SSSR count). The quantitative estimate of drug-likeness (QED) is 0.165. The number of aromatic nitrogens is 3. The standard InChI is InChI=1S/C51H35N3OSi/c1-56(2)45-22-8-6-17-40(45)48-42(19-11-23-46(48)56)51-53-49(52-50(54-51)41-18-10-21-44-47(41)39-16-5-7-20-43(39)55-44)38-15-9-14-36(31-38)33-24-26-34(27-25-33)37-29-28-32-12-3-4-13-35(32)30-37/h3-31H,1-2H3. The molecule has 0 spiro atoms. The van der Waals surface area contributed by atoms with Crippen LogP contribution in [0.3, 0.4) is 0 Å². The van der Waals surface area contributed by atoms with E-state index in [1.807, 2.05) is 24.3 Å². The molecule has 0 fully saturated rings. The summed E-state index contributed by atoms with van der Waals surface area (Å²) in [7, 11) is -1.93. The maximum absolute atomic E-state index is 6.32. The lowest BCUT2D eigenvalue weighted by molar-refractivity contribution is 0.669. The lowest BCUT2D eigenvalue weighted by atomic mass is 9.97. The van der Waals surface area contributed by atoms with Gasteiger partial charge >= 0.3 is 0 Å². The molecule has 0 saturated carbocycles. The molecule has 0 bridgehead atoms. The Morgan fingerprint density at radius 1 is 0.393 bits per heavy atom. The summed E-state index contributed by atoms with van der Waals surface area (Å²) >= 11 is 0. The number of para-hydroxylation sites is 1. The van der Waals surface area contributed by atoms with Gasteiger partial charge in [0.15, 0.2) is 17.5 Å². The van der Waals surface area contributed by atoms with Crippen LogP contribution in [0.5, 0.6) is 0 Å². The predicted molar refractivity (Wildman–Crippen MR) is 234 cm³/mol. The van der Waals surface area contributed by atoms with Gasteiger partial charge in [0.25, 0.3) is 0 Å². The van der Waals surface area contributed by atoms with Crippen molar-refractivity contribution < 1.29 is 4.42 Å². The van der Waals surface area contributed by atoms with Crippen LogP contribution >= 0.6 is 0 Å². The molecule has 0 aliphatic carbocycles. The van der Waals surface area contributed by atoms with Crippen molar-refractivity contribution in [2.45, 2.75) is 13.1 Å². The number of benzene rings is 8. The summed E-state index contributed by atoms with van der Waals surface area (Å²) in [5, 5.41) is 7.39. The molecular weight excluding hydrogens is 699 g/mol. The van der Waals surface area contributed by atoms with Crippen LogP contribution in [0.1, 0.15) is 0 Å². The molecule has 4 nitrogen and oxygen atoms in total. The summed E-state index contributed by atoms with van der Waals surface area (Å²) < 4.78 is 6.32. The van der Waals surface area contributed by atoms with Crippen molar-refractivity contribution in [1.82, 2.24) is 15.0 Å². The van der Waals surface area contributed by atoms with Crippen LogP contribution in [-0.2, 0) is 0 Å². The summed E-state index contributed by atoms with van der Waals surface area (Å²) in [6.07, 6.45) is 0. The van der Waals surface area contributed by atoms with Gasteiger partial charge in [0, 0.05) is 27.5 Å². The molecule has 1 aliphatic heterocycles. The molecule has 264 valence electrons. The van der Waals surface area contributed by atoms with Crippen molar-refractivity contribution in [1.29, 1.82) is 0 Å². The smallest absolute Gasteiger partial charge is 0.164 e. The number of furan rings is 1. The fourth-order valence-electron chi connectivity index (χ4n) is 8.71. The van der Waals surface area contributed by atoms with Gasteiger partial charge in [0.2, 0.25) is 0 Å². The Morgan fingerprint density at radius 2 is 0.964 bits per heavy atom. The van der Waals surface area contributed by atoms with Crippen LogP contribution in [0.2, 0.25) is 13.1 Å². The van der Waals surface area contributed by atoms with E-state index in [1.54, 1.807) is 0 Å². The third kappa shape index (κ3) is 5.16. The summed E-state index contributed by atoms with van der Waals surface area (Å²) in [5.74, 6) is 1.91. The number of nitrogens with zero attached hydrogens (tertiary/aromatic N) is 3. The number of hydrogen-bond acceptors (Lipinski definition) is 4. The fraction of sp³-hybridized carbons (Fsp3) is 0.0392. The van der Waals surface area contributed by atoms with Crippen molar-refractivity contribution in [2.24, 2.45) is 0 Å². The molecule has 0 radical (unpaired) electrons. The van der Waals surface area contributed by atoms with Gasteiger partial charge < -0.3 is 4.42 Å². The normalized spacial score (nSPS) is 13.0. The highest BCUT2D eigenvalue weighted by atomic mass is 28.3. The van der Waals surface area contributed by atoms with Crippen LogP contribution in [-0.4, -0.2) is 23.0 Å². The average Bonchev–Trinajstić information content (AvgIpc) is 3.75. The molecule has 1 aliphatic rings. The van der Waals surface area contributed by atoms with Crippen molar-refractivity contribution >= 4 is 51.2 Å². The second kappa shape index (κ2) is 12.6. The van der Waals surface area contributed by atoms with Crippen LogP contribution < -0.4 is 10.4 Å². The van der Waals surface area contributed by atoms with Crippen LogP contribution in [0.4, 0.5) is 0 Å². The Morgan fingerprint density at radius 3 is 1.82 bits per heavy atom. The Hall–Kier alpha value is -6.95.